The molecule has 18 heavy (non-hydrogen) atoms. The molecule has 6 heteroatoms. The highest BCUT2D eigenvalue weighted by Gasteiger charge is 2.29. The number of terminal acetylenes is 1. The van der Waals surface area contributed by atoms with Crippen molar-refractivity contribution in [2.24, 2.45) is 0 Å². The normalized spacial score (nSPS) is 20.6. The van der Waals surface area contributed by atoms with Crippen LogP contribution < -0.4 is 5.32 Å². The summed E-state index contributed by atoms with van der Waals surface area (Å²) in [5, 5.41) is 11.3. The van der Waals surface area contributed by atoms with Crippen molar-refractivity contribution in [2.45, 2.75) is 24.9 Å². The number of likely N-dealkylation sites (tertiary alicyclic amines) is 1. The Bertz CT molecular complexity index is 362. The van der Waals surface area contributed by atoms with E-state index in [2.05, 4.69) is 16.1 Å². The SMILES string of the molecule is C#CCC(NC(=O)N1CCC(N(C)C)C1)C(=O)O. The Morgan fingerprint density at radius 2 is 2.28 bits per heavy atom. The number of carbonyl (C=O) groups is 2. The Hall–Kier alpha value is -1.74. The number of rotatable bonds is 4. The number of carbonyl (C=O) groups excluding carboxylic acids is 1. The summed E-state index contributed by atoms with van der Waals surface area (Å²) in [6, 6.07) is -1.05. The van der Waals surface area contributed by atoms with Crippen LogP contribution in [0.3, 0.4) is 0 Å². The summed E-state index contributed by atoms with van der Waals surface area (Å²) in [5.41, 5.74) is 0. The minimum absolute atomic E-state index is 0.00791. The summed E-state index contributed by atoms with van der Waals surface area (Å²) >= 11 is 0. The molecule has 1 heterocycles. The maximum Gasteiger partial charge on any atom is 0.327 e. The lowest BCUT2D eigenvalue weighted by Gasteiger charge is -2.22. The van der Waals surface area contributed by atoms with Gasteiger partial charge in [0.2, 0.25) is 0 Å². The molecule has 2 unspecified atom stereocenters. The molecule has 0 saturated carbocycles. The Morgan fingerprint density at radius 3 is 2.72 bits per heavy atom. The van der Waals surface area contributed by atoms with Crippen molar-refractivity contribution < 1.29 is 14.7 Å². The molecule has 0 aromatic carbocycles. The summed E-state index contributed by atoms with van der Waals surface area (Å²) in [7, 11) is 3.93. The van der Waals surface area contributed by atoms with Crippen LogP contribution >= 0.6 is 0 Å². The van der Waals surface area contributed by atoms with Gasteiger partial charge in [-0.1, -0.05) is 0 Å². The fourth-order valence-electron chi connectivity index (χ4n) is 1.91. The number of likely N-dealkylation sites (N-methyl/N-ethyl adjacent to an activating group) is 1. The van der Waals surface area contributed by atoms with E-state index in [-0.39, 0.29) is 12.5 Å². The van der Waals surface area contributed by atoms with Crippen LogP contribution in [0.2, 0.25) is 0 Å². The fourth-order valence-corrected chi connectivity index (χ4v) is 1.91. The summed E-state index contributed by atoms with van der Waals surface area (Å²) in [6.45, 7) is 1.25. The zero-order valence-electron chi connectivity index (χ0n) is 10.7. The molecule has 0 aliphatic carbocycles. The molecular weight excluding hydrogens is 234 g/mol. The van der Waals surface area contributed by atoms with Gasteiger partial charge < -0.3 is 20.2 Å². The number of urea groups is 1. The van der Waals surface area contributed by atoms with E-state index < -0.39 is 12.0 Å². The van der Waals surface area contributed by atoms with Gasteiger partial charge >= 0.3 is 12.0 Å². The van der Waals surface area contributed by atoms with E-state index in [1.54, 1.807) is 4.90 Å². The molecule has 1 saturated heterocycles. The maximum absolute atomic E-state index is 11.9. The summed E-state index contributed by atoms with van der Waals surface area (Å²) in [6.07, 6.45) is 5.96. The molecule has 1 aliphatic heterocycles. The smallest absolute Gasteiger partial charge is 0.327 e. The second kappa shape index (κ2) is 6.26. The van der Waals surface area contributed by atoms with Gasteiger partial charge in [-0.2, -0.15) is 0 Å². The number of hydrogen-bond donors (Lipinski definition) is 2. The van der Waals surface area contributed by atoms with Crippen LogP contribution in [0.1, 0.15) is 12.8 Å². The topological polar surface area (TPSA) is 72.9 Å². The predicted molar refractivity (Wildman–Crippen MR) is 67.1 cm³/mol. The van der Waals surface area contributed by atoms with Crippen molar-refractivity contribution in [3.8, 4) is 12.3 Å². The van der Waals surface area contributed by atoms with E-state index in [0.29, 0.717) is 19.1 Å². The van der Waals surface area contributed by atoms with Crippen LogP contribution in [0.15, 0.2) is 0 Å². The van der Waals surface area contributed by atoms with Crippen molar-refractivity contribution in [2.75, 3.05) is 27.2 Å². The van der Waals surface area contributed by atoms with E-state index in [9.17, 15) is 9.59 Å². The Morgan fingerprint density at radius 1 is 1.61 bits per heavy atom. The van der Waals surface area contributed by atoms with E-state index >= 15 is 0 Å². The molecule has 100 valence electrons. The standard InChI is InChI=1S/C12H19N3O3/c1-4-5-10(11(16)17)13-12(18)15-7-6-9(8-15)14(2)3/h1,9-10H,5-8H2,2-3H3,(H,13,18)(H,16,17). The Balaban J connectivity index is 2.51. The van der Waals surface area contributed by atoms with E-state index in [4.69, 9.17) is 11.5 Å². The fraction of sp³-hybridized carbons (Fsp3) is 0.667. The first-order valence-electron chi connectivity index (χ1n) is 5.83. The number of hydrogen-bond acceptors (Lipinski definition) is 3. The van der Waals surface area contributed by atoms with Crippen LogP contribution in [0, 0.1) is 12.3 Å². The summed E-state index contributed by atoms with van der Waals surface area (Å²) < 4.78 is 0. The quantitative estimate of drug-likeness (QED) is 0.681. The van der Waals surface area contributed by atoms with E-state index in [1.807, 2.05) is 14.1 Å². The molecule has 0 aromatic heterocycles. The average Bonchev–Trinajstić information content (AvgIpc) is 2.77. The molecule has 2 N–H and O–H groups in total. The van der Waals surface area contributed by atoms with Gasteiger partial charge in [0.05, 0.1) is 0 Å². The van der Waals surface area contributed by atoms with Crippen molar-refractivity contribution in [3.05, 3.63) is 0 Å². The predicted octanol–water partition coefficient (Wildman–Crippen LogP) is -0.192. The van der Waals surface area contributed by atoms with Gasteiger partial charge in [0.25, 0.3) is 0 Å². The van der Waals surface area contributed by atoms with E-state index in [0.717, 1.165) is 6.42 Å². The molecule has 1 aliphatic rings. The van der Waals surface area contributed by atoms with Gasteiger partial charge in [-0.3, -0.25) is 0 Å². The number of amides is 2. The maximum atomic E-state index is 11.9. The van der Waals surface area contributed by atoms with Gasteiger partial charge in [-0.25, -0.2) is 9.59 Å². The first kappa shape index (κ1) is 14.3. The summed E-state index contributed by atoms with van der Waals surface area (Å²) in [4.78, 5) is 26.4. The number of nitrogens with zero attached hydrogens (tertiary/aromatic N) is 2. The lowest BCUT2D eigenvalue weighted by atomic mass is 10.2. The largest absolute Gasteiger partial charge is 0.480 e. The second-order valence-corrected chi connectivity index (χ2v) is 4.60. The van der Waals surface area contributed by atoms with Gasteiger partial charge in [-0.05, 0) is 20.5 Å². The monoisotopic (exact) mass is 253 g/mol. The van der Waals surface area contributed by atoms with Gasteiger partial charge in [0, 0.05) is 25.6 Å². The minimum atomic E-state index is -1.11. The Kier molecular flexibility index (Phi) is 4.98. The number of nitrogens with one attached hydrogen (secondary N) is 1. The zero-order valence-corrected chi connectivity index (χ0v) is 10.7. The van der Waals surface area contributed by atoms with Crippen LogP contribution in [-0.4, -0.2) is 66.2 Å². The molecular formula is C12H19N3O3. The summed E-state index contributed by atoms with van der Waals surface area (Å²) in [5.74, 6) is 1.14. The molecule has 1 rings (SSSR count). The van der Waals surface area contributed by atoms with Crippen LogP contribution in [0.25, 0.3) is 0 Å². The van der Waals surface area contributed by atoms with Crippen molar-refractivity contribution >= 4 is 12.0 Å². The lowest BCUT2D eigenvalue weighted by Crippen LogP contribution is -2.47. The molecule has 0 radical (unpaired) electrons. The first-order chi connectivity index (χ1) is 8.45. The molecule has 2 atom stereocenters. The molecule has 0 bridgehead atoms. The Labute approximate surface area is 107 Å². The van der Waals surface area contributed by atoms with E-state index in [1.165, 1.54) is 0 Å². The van der Waals surface area contributed by atoms with Crippen LogP contribution in [-0.2, 0) is 4.79 Å². The molecule has 1 fully saturated rings. The number of aliphatic carboxylic acids is 1. The third kappa shape index (κ3) is 3.64. The molecule has 0 aromatic rings. The average molecular weight is 253 g/mol. The van der Waals surface area contributed by atoms with Crippen LogP contribution in [0.5, 0.6) is 0 Å². The third-order valence-corrected chi connectivity index (χ3v) is 3.10. The highest BCUT2D eigenvalue weighted by molar-refractivity contribution is 5.83. The van der Waals surface area contributed by atoms with Gasteiger partial charge in [0.1, 0.15) is 6.04 Å². The second-order valence-electron chi connectivity index (χ2n) is 4.60. The van der Waals surface area contributed by atoms with Crippen molar-refractivity contribution in [1.82, 2.24) is 15.1 Å². The van der Waals surface area contributed by atoms with Crippen LogP contribution in [0.4, 0.5) is 4.79 Å². The minimum Gasteiger partial charge on any atom is -0.480 e. The molecule has 2 amide bonds. The number of carboxylic acids is 1. The lowest BCUT2D eigenvalue weighted by molar-refractivity contribution is -0.139. The third-order valence-electron chi connectivity index (χ3n) is 3.10. The molecule has 0 spiro atoms. The first-order valence-corrected chi connectivity index (χ1v) is 5.83. The van der Waals surface area contributed by atoms with Crippen molar-refractivity contribution in [1.29, 1.82) is 0 Å². The van der Waals surface area contributed by atoms with Crippen molar-refractivity contribution in [3.63, 3.8) is 0 Å². The highest BCUT2D eigenvalue weighted by Crippen LogP contribution is 2.13. The van der Waals surface area contributed by atoms with Gasteiger partial charge in [0.15, 0.2) is 0 Å². The number of carboxylic acid groups (broad SMARTS) is 1. The highest BCUT2D eigenvalue weighted by atomic mass is 16.4. The van der Waals surface area contributed by atoms with Gasteiger partial charge in [-0.15, -0.1) is 12.3 Å². The zero-order chi connectivity index (χ0) is 13.7. The molecule has 6 nitrogen and oxygen atoms in total.